The monoisotopic (exact) mass is 1340 g/mol. The summed E-state index contributed by atoms with van der Waals surface area (Å²) in [7, 11) is 5.91. The van der Waals surface area contributed by atoms with Crippen LogP contribution in [0.5, 0.6) is 0 Å². The molecule has 0 aromatic carbocycles. The molecular weight excluding hydrogens is 1200 g/mol. The maximum absolute atomic E-state index is 13.0. The molecule has 0 fully saturated rings. The van der Waals surface area contributed by atoms with E-state index in [9.17, 15) is 19.5 Å². The quantitative estimate of drug-likeness (QED) is 0.0195. The summed E-state index contributed by atoms with van der Waals surface area (Å²) in [5.74, 6) is -2.33. The lowest BCUT2D eigenvalue weighted by atomic mass is 10.0. The number of aliphatic carboxylic acids is 1. The van der Waals surface area contributed by atoms with Gasteiger partial charge in [0.25, 0.3) is 0 Å². The molecule has 97 heavy (non-hydrogen) atoms. The third-order valence-electron chi connectivity index (χ3n) is 15.5. The van der Waals surface area contributed by atoms with Crippen molar-refractivity contribution in [2.24, 2.45) is 0 Å². The first kappa shape index (κ1) is 90.9. The van der Waals surface area contributed by atoms with Crippen LogP contribution in [0, 0.1) is 0 Å². The molecule has 0 aromatic rings. The zero-order chi connectivity index (χ0) is 70.4. The number of carbonyl (C=O) groups is 3. The number of hydrogen-bond donors (Lipinski definition) is 0. The molecule has 0 rings (SSSR count). The number of likely N-dealkylation sites (N-methyl/N-ethyl adjacent to an activating group) is 1. The molecule has 0 saturated carbocycles. The Kier molecular flexibility index (Phi) is 70.9. The minimum atomic E-state index is -1.64. The Morgan fingerprint density at radius 3 is 0.825 bits per heavy atom. The molecule has 9 nitrogen and oxygen atoms in total. The number of unbranched alkanes of at least 4 members (excludes halogenated alkanes) is 19. The van der Waals surface area contributed by atoms with Gasteiger partial charge in [0.1, 0.15) is 13.2 Å². The van der Waals surface area contributed by atoms with E-state index in [1.54, 1.807) is 0 Å². The summed E-state index contributed by atoms with van der Waals surface area (Å²) in [6, 6.07) is 0. The van der Waals surface area contributed by atoms with Gasteiger partial charge in [-0.2, -0.15) is 0 Å². The van der Waals surface area contributed by atoms with E-state index in [2.05, 4.69) is 220 Å². The second-order valence-corrected chi connectivity index (χ2v) is 25.8. The van der Waals surface area contributed by atoms with Crippen LogP contribution in [-0.4, -0.2) is 82.3 Å². The van der Waals surface area contributed by atoms with Crippen LogP contribution >= 0.6 is 0 Å². The van der Waals surface area contributed by atoms with Crippen molar-refractivity contribution in [1.29, 1.82) is 0 Å². The lowest BCUT2D eigenvalue weighted by Crippen LogP contribution is -2.44. The second-order valence-electron chi connectivity index (χ2n) is 25.8. The zero-order valence-electron chi connectivity index (χ0n) is 62.1. The van der Waals surface area contributed by atoms with Gasteiger partial charge in [-0.25, -0.2) is 0 Å². The van der Waals surface area contributed by atoms with E-state index in [1.807, 2.05) is 21.1 Å². The number of carboxylic acid groups (broad SMARTS) is 1. The van der Waals surface area contributed by atoms with Gasteiger partial charge in [0.15, 0.2) is 12.4 Å². The van der Waals surface area contributed by atoms with E-state index in [1.165, 1.54) is 83.5 Å². The Hall–Kier alpha value is -6.13. The zero-order valence-corrected chi connectivity index (χ0v) is 62.1. The standard InChI is InChI=1S/C88H139NO8/c1-6-8-10-12-14-16-18-20-22-24-26-28-30-32-34-36-38-40-42-43-45-46-48-50-52-54-56-58-60-62-64-66-68-70-72-74-76-78-85(90)95-82-84(83-96-88(87(92)93)94-81-80-89(3,4)5)97-86(91)79-77-75-73-71-69-67-65-63-61-59-57-55-53-51-49-47-44-41-39-37-35-33-31-29-27-25-23-21-19-17-15-13-11-9-7-2/h8-11,14-17,20-23,26-29,32-35,38-41,43,45,47,49,53,55,59,61,65,67,84,88H,6-7,12-13,18-19,24-25,30-31,36-37,42,44,46,48,50-52,54,56-58,60,62-64,66,68-83H2,1-5H3/b10-8-,11-9-,16-14-,17-15-,22-20-,23-21-,28-26-,29-27-,34-32-,35-33-,40-38-,41-39-,45-43-,49-47-,55-53-,61-59-,67-65-. The number of quaternary nitrogens is 1. The van der Waals surface area contributed by atoms with Crippen molar-refractivity contribution < 1.29 is 42.9 Å². The first-order valence-electron chi connectivity index (χ1n) is 38.2. The molecule has 0 aliphatic rings. The molecule has 0 spiro atoms. The third kappa shape index (κ3) is 77.1. The molecule has 544 valence electrons. The SMILES string of the molecule is CC/C=C\C/C=C\C/C=C\C/C=C\C/C=C\C/C=C\C/C=C\C/C=C\C/C=C\C/C=C\CCCCCCC(=O)OC(COC(=O)CCCCCCCCCCCCCCCCC/C=C\C/C=C\C/C=C\C/C=C\C/C=C\C/C=C\C/C=C\CC)COC(OCC[N+](C)(C)C)C(=O)[O-]. The highest BCUT2D eigenvalue weighted by Gasteiger charge is 2.22. The number of carbonyl (C=O) groups excluding carboxylic acids is 3. The number of hydrogen-bond acceptors (Lipinski definition) is 8. The van der Waals surface area contributed by atoms with Crippen LogP contribution in [0.25, 0.3) is 0 Å². The van der Waals surface area contributed by atoms with Crippen molar-refractivity contribution in [3.05, 3.63) is 207 Å². The van der Waals surface area contributed by atoms with Crippen LogP contribution in [0.15, 0.2) is 207 Å². The van der Waals surface area contributed by atoms with Crippen molar-refractivity contribution >= 4 is 17.9 Å². The van der Waals surface area contributed by atoms with Gasteiger partial charge in [0.2, 0.25) is 0 Å². The van der Waals surface area contributed by atoms with Crippen molar-refractivity contribution in [3.63, 3.8) is 0 Å². The second kappa shape index (κ2) is 75.6. The number of allylic oxidation sites excluding steroid dienone is 34. The average molecular weight is 1340 g/mol. The molecule has 0 aliphatic carbocycles. The molecule has 0 saturated heterocycles. The maximum atomic E-state index is 13.0. The van der Waals surface area contributed by atoms with E-state index in [4.69, 9.17) is 18.9 Å². The van der Waals surface area contributed by atoms with Crippen LogP contribution in [0.4, 0.5) is 0 Å². The number of carboxylic acids is 1. The maximum Gasteiger partial charge on any atom is 0.306 e. The van der Waals surface area contributed by atoms with Crippen molar-refractivity contribution in [1.82, 2.24) is 0 Å². The Balaban J connectivity index is 4.19. The summed E-state index contributed by atoms with van der Waals surface area (Å²) in [5, 5.41) is 11.9. The molecule has 0 aromatic heterocycles. The minimum Gasteiger partial charge on any atom is -0.545 e. The predicted molar refractivity (Wildman–Crippen MR) is 416 cm³/mol. The van der Waals surface area contributed by atoms with Crippen molar-refractivity contribution in [2.45, 2.75) is 283 Å². The fraction of sp³-hybridized carbons (Fsp3) is 0.580. The van der Waals surface area contributed by atoms with Gasteiger partial charge in [0.05, 0.1) is 40.3 Å². The molecule has 0 N–H and O–H groups in total. The van der Waals surface area contributed by atoms with Gasteiger partial charge in [-0.3, -0.25) is 9.59 Å². The van der Waals surface area contributed by atoms with Crippen LogP contribution in [0.3, 0.4) is 0 Å². The number of ether oxygens (including phenoxy) is 4. The number of rotatable bonds is 68. The molecule has 0 amide bonds. The normalized spacial score (nSPS) is 13.9. The van der Waals surface area contributed by atoms with Gasteiger partial charge in [-0.15, -0.1) is 0 Å². The summed E-state index contributed by atoms with van der Waals surface area (Å²) in [4.78, 5) is 37.6. The topological polar surface area (TPSA) is 111 Å². The summed E-state index contributed by atoms with van der Waals surface area (Å²) in [5.41, 5.74) is 0. The van der Waals surface area contributed by atoms with Gasteiger partial charge in [0, 0.05) is 12.8 Å². The Morgan fingerprint density at radius 2 is 0.557 bits per heavy atom. The average Bonchev–Trinajstić information content (AvgIpc) is 3.74. The molecule has 9 heteroatoms. The largest absolute Gasteiger partial charge is 0.545 e. The molecule has 2 atom stereocenters. The summed E-state index contributed by atoms with van der Waals surface area (Å²) in [6.07, 6.45) is 115. The van der Waals surface area contributed by atoms with Crippen LogP contribution in [0.1, 0.15) is 271 Å². The Bertz CT molecular complexity index is 2350. The fourth-order valence-electron chi connectivity index (χ4n) is 9.78. The highest BCUT2D eigenvalue weighted by atomic mass is 16.7. The third-order valence-corrected chi connectivity index (χ3v) is 15.5. The smallest absolute Gasteiger partial charge is 0.306 e. The van der Waals surface area contributed by atoms with E-state index in [0.717, 1.165) is 154 Å². The summed E-state index contributed by atoms with van der Waals surface area (Å²) in [6.45, 7) is 4.47. The summed E-state index contributed by atoms with van der Waals surface area (Å²) < 4.78 is 22.8. The van der Waals surface area contributed by atoms with Gasteiger partial charge in [-0.05, 0) is 148 Å². The molecule has 0 bridgehead atoms. The molecule has 2 unspecified atom stereocenters. The van der Waals surface area contributed by atoms with Crippen LogP contribution in [0.2, 0.25) is 0 Å². The Labute approximate surface area is 594 Å². The highest BCUT2D eigenvalue weighted by Crippen LogP contribution is 2.16. The van der Waals surface area contributed by atoms with Gasteiger partial charge >= 0.3 is 11.9 Å². The van der Waals surface area contributed by atoms with E-state index in [0.29, 0.717) is 17.4 Å². The number of esters is 2. The van der Waals surface area contributed by atoms with Crippen LogP contribution in [-0.2, 0) is 33.3 Å². The van der Waals surface area contributed by atoms with Gasteiger partial charge in [-0.1, -0.05) is 317 Å². The Morgan fingerprint density at radius 1 is 0.309 bits per heavy atom. The first-order valence-corrected chi connectivity index (χ1v) is 38.2. The number of nitrogens with zero attached hydrogens (tertiary/aromatic N) is 1. The lowest BCUT2D eigenvalue weighted by Gasteiger charge is -2.26. The van der Waals surface area contributed by atoms with Gasteiger partial charge < -0.3 is 33.3 Å². The fourth-order valence-corrected chi connectivity index (χ4v) is 9.78. The van der Waals surface area contributed by atoms with E-state index >= 15 is 0 Å². The lowest BCUT2D eigenvalue weighted by molar-refractivity contribution is -0.870. The molecule has 0 aliphatic heterocycles. The van der Waals surface area contributed by atoms with E-state index in [-0.39, 0.29) is 38.6 Å². The minimum absolute atomic E-state index is 0.132. The first-order chi connectivity index (χ1) is 47.6. The predicted octanol–water partition coefficient (Wildman–Crippen LogP) is 23.4. The summed E-state index contributed by atoms with van der Waals surface area (Å²) >= 11 is 0. The highest BCUT2D eigenvalue weighted by molar-refractivity contribution is 5.70. The van der Waals surface area contributed by atoms with Crippen molar-refractivity contribution in [3.8, 4) is 0 Å². The van der Waals surface area contributed by atoms with Crippen LogP contribution < -0.4 is 5.11 Å². The molecular formula is C88H139NO8. The molecule has 0 radical (unpaired) electrons. The van der Waals surface area contributed by atoms with E-state index < -0.39 is 24.3 Å². The molecule has 0 heterocycles. The van der Waals surface area contributed by atoms with Crippen molar-refractivity contribution in [2.75, 3.05) is 47.5 Å².